The summed E-state index contributed by atoms with van der Waals surface area (Å²) in [7, 11) is 0. The molecule has 1 amide bonds. The van der Waals surface area contributed by atoms with Crippen LogP contribution in [0.3, 0.4) is 0 Å². The maximum Gasteiger partial charge on any atom is 0.306 e. The molecule has 0 aliphatic carbocycles. The van der Waals surface area contributed by atoms with Crippen LogP contribution in [0.2, 0.25) is 0 Å². The van der Waals surface area contributed by atoms with Crippen LogP contribution in [0.5, 0.6) is 0 Å². The number of carboxylic acids is 1. The summed E-state index contributed by atoms with van der Waals surface area (Å²) in [4.78, 5) is 22.5. The van der Waals surface area contributed by atoms with Gasteiger partial charge in [0.2, 0.25) is 10.7 Å². The van der Waals surface area contributed by atoms with E-state index in [0.717, 1.165) is 0 Å². The molecular formula is C13H15N5O3S. The molecule has 8 nitrogen and oxygen atoms in total. The molecule has 2 atom stereocenters. The zero-order chi connectivity index (χ0) is 16.3. The fourth-order valence-corrected chi connectivity index (χ4v) is 2.42. The van der Waals surface area contributed by atoms with Gasteiger partial charge in [0.15, 0.2) is 0 Å². The lowest BCUT2D eigenvalue weighted by Crippen LogP contribution is -2.24. The number of hydrogen-bond acceptors (Lipinski definition) is 5. The van der Waals surface area contributed by atoms with E-state index in [1.165, 1.54) is 4.68 Å². The van der Waals surface area contributed by atoms with Gasteiger partial charge in [-0.05, 0) is 29.9 Å². The number of amides is 1. The number of aromatic amines is 1. The number of benzene rings is 1. The molecule has 1 aromatic heterocycles. The van der Waals surface area contributed by atoms with Crippen molar-refractivity contribution in [1.29, 1.82) is 0 Å². The van der Waals surface area contributed by atoms with Crippen molar-refractivity contribution >= 4 is 24.1 Å². The van der Waals surface area contributed by atoms with Gasteiger partial charge in [0.05, 0.1) is 11.6 Å². The first-order chi connectivity index (χ1) is 10.4. The van der Waals surface area contributed by atoms with E-state index in [1.54, 1.807) is 31.2 Å². The molecule has 1 heterocycles. The van der Waals surface area contributed by atoms with Crippen molar-refractivity contribution in [3.05, 3.63) is 34.6 Å². The minimum absolute atomic E-state index is 0.0520. The van der Waals surface area contributed by atoms with Crippen molar-refractivity contribution < 1.29 is 14.7 Å². The molecule has 0 saturated carbocycles. The lowest BCUT2D eigenvalue weighted by molar-refractivity contribution is -0.142. The van der Waals surface area contributed by atoms with E-state index in [1.807, 2.05) is 0 Å². The molecule has 2 aromatic rings. The normalized spacial score (nSPS) is 13.5. The number of carboxylic acid groups (broad SMARTS) is 1. The van der Waals surface area contributed by atoms with Crippen LogP contribution in [0.25, 0.3) is 5.69 Å². The first-order valence-corrected chi connectivity index (χ1v) is 6.92. The van der Waals surface area contributed by atoms with Gasteiger partial charge in [-0.1, -0.05) is 29.4 Å². The summed E-state index contributed by atoms with van der Waals surface area (Å²) in [6.07, 6.45) is -0.0520. The lowest BCUT2D eigenvalue weighted by Gasteiger charge is -2.20. The first-order valence-electron chi connectivity index (χ1n) is 6.51. The number of primary amides is 1. The van der Waals surface area contributed by atoms with Crippen LogP contribution in [0.15, 0.2) is 24.3 Å². The number of hydrogen-bond donors (Lipinski definition) is 3. The number of carbonyl (C=O) groups excluding carboxylic acids is 1. The first kappa shape index (κ1) is 15.8. The van der Waals surface area contributed by atoms with Gasteiger partial charge in [0.1, 0.15) is 0 Å². The molecule has 0 bridgehead atoms. The Hall–Kier alpha value is -2.55. The minimum atomic E-state index is -0.989. The predicted octanol–water partition coefficient (Wildman–Crippen LogP) is 1.00. The molecule has 0 spiro atoms. The van der Waals surface area contributed by atoms with E-state index in [-0.39, 0.29) is 11.2 Å². The highest BCUT2D eigenvalue weighted by Gasteiger charge is 2.27. The number of nitrogens with two attached hydrogens (primary N) is 1. The number of nitrogens with zero attached hydrogens (tertiary/aromatic N) is 3. The van der Waals surface area contributed by atoms with Crippen LogP contribution in [-0.4, -0.2) is 37.2 Å². The predicted molar refractivity (Wildman–Crippen MR) is 79.9 cm³/mol. The van der Waals surface area contributed by atoms with Crippen molar-refractivity contribution in [3.8, 4) is 5.69 Å². The molecule has 116 valence electrons. The van der Waals surface area contributed by atoms with Gasteiger partial charge in [-0.3, -0.25) is 9.59 Å². The fraction of sp³-hybridized carbons (Fsp3) is 0.308. The minimum Gasteiger partial charge on any atom is -0.481 e. The van der Waals surface area contributed by atoms with Gasteiger partial charge in [0.25, 0.3) is 0 Å². The van der Waals surface area contributed by atoms with Crippen LogP contribution in [0, 0.1) is 10.7 Å². The molecule has 2 rings (SSSR count). The number of H-pyrrole nitrogens is 1. The molecule has 0 fully saturated rings. The Kier molecular flexibility index (Phi) is 4.66. The summed E-state index contributed by atoms with van der Waals surface area (Å²) in [5, 5.41) is 19.1. The van der Waals surface area contributed by atoms with Crippen LogP contribution >= 0.6 is 12.2 Å². The standard InChI is InChI=1S/C13H15N5O3S/c1-7(12(20)21)10(6-11(14)19)8-3-2-4-9(5-8)18-13(22)15-16-17-18/h2-5,7,10H,6H2,1H3,(H2,14,19)(H,20,21)(H,15,17,22). The Morgan fingerprint density at radius 3 is 2.77 bits per heavy atom. The van der Waals surface area contributed by atoms with Gasteiger partial charge >= 0.3 is 5.97 Å². The molecular weight excluding hydrogens is 306 g/mol. The Bertz CT molecular complexity index is 754. The second-order valence-corrected chi connectivity index (χ2v) is 5.28. The summed E-state index contributed by atoms with van der Waals surface area (Å²) in [5.41, 5.74) is 6.58. The SMILES string of the molecule is CC(C(=O)O)C(CC(N)=O)c1cccc(-n2[nH]nnc2=S)c1. The zero-order valence-electron chi connectivity index (χ0n) is 11.8. The topological polar surface area (TPSA) is 127 Å². The van der Waals surface area contributed by atoms with Crippen molar-refractivity contribution in [2.75, 3.05) is 0 Å². The molecule has 0 radical (unpaired) electrons. The maximum atomic E-state index is 11.3. The molecule has 22 heavy (non-hydrogen) atoms. The van der Waals surface area contributed by atoms with Gasteiger partial charge in [-0.25, -0.2) is 4.68 Å². The summed E-state index contributed by atoms with van der Waals surface area (Å²) in [6.45, 7) is 1.55. The molecule has 4 N–H and O–H groups in total. The monoisotopic (exact) mass is 321 g/mol. The molecule has 1 aromatic carbocycles. The lowest BCUT2D eigenvalue weighted by atomic mass is 9.84. The smallest absolute Gasteiger partial charge is 0.306 e. The Labute approximate surface area is 130 Å². The largest absolute Gasteiger partial charge is 0.481 e. The summed E-state index contributed by atoms with van der Waals surface area (Å²) >= 11 is 5.03. The fourth-order valence-electron chi connectivity index (χ4n) is 2.23. The van der Waals surface area contributed by atoms with Crippen molar-refractivity contribution in [3.63, 3.8) is 0 Å². The Balaban J connectivity index is 2.44. The third-order valence-electron chi connectivity index (χ3n) is 3.44. The van der Waals surface area contributed by atoms with Crippen LogP contribution < -0.4 is 5.73 Å². The second-order valence-electron chi connectivity index (χ2n) is 4.92. The summed E-state index contributed by atoms with van der Waals surface area (Å²) < 4.78 is 1.72. The summed E-state index contributed by atoms with van der Waals surface area (Å²) in [6, 6.07) is 7.01. The number of aromatic nitrogens is 4. The van der Waals surface area contributed by atoms with Gasteiger partial charge < -0.3 is 10.8 Å². The molecule has 0 aliphatic rings. The maximum absolute atomic E-state index is 11.3. The Morgan fingerprint density at radius 2 is 2.23 bits per heavy atom. The molecule has 2 unspecified atom stereocenters. The van der Waals surface area contributed by atoms with E-state index in [0.29, 0.717) is 11.3 Å². The second kappa shape index (κ2) is 6.48. The third kappa shape index (κ3) is 3.37. The molecule has 0 aliphatic heterocycles. The average Bonchev–Trinajstić information content (AvgIpc) is 2.90. The highest BCUT2D eigenvalue weighted by Crippen LogP contribution is 2.29. The van der Waals surface area contributed by atoms with E-state index < -0.39 is 23.7 Å². The highest BCUT2D eigenvalue weighted by molar-refractivity contribution is 7.71. The van der Waals surface area contributed by atoms with E-state index in [4.69, 9.17) is 18.0 Å². The number of tetrazole rings is 1. The Morgan fingerprint density at radius 1 is 1.50 bits per heavy atom. The molecule has 0 saturated heterocycles. The third-order valence-corrected chi connectivity index (χ3v) is 3.71. The summed E-state index contributed by atoms with van der Waals surface area (Å²) in [5.74, 6) is -2.82. The number of carbonyl (C=O) groups is 2. The average molecular weight is 321 g/mol. The van der Waals surface area contributed by atoms with Crippen molar-refractivity contribution in [1.82, 2.24) is 20.2 Å². The number of nitrogens with one attached hydrogen (secondary N) is 1. The zero-order valence-corrected chi connectivity index (χ0v) is 12.6. The van der Waals surface area contributed by atoms with E-state index >= 15 is 0 Å². The van der Waals surface area contributed by atoms with Crippen LogP contribution in [0.4, 0.5) is 0 Å². The van der Waals surface area contributed by atoms with Gasteiger partial charge in [0, 0.05) is 12.3 Å². The number of rotatable bonds is 6. The van der Waals surface area contributed by atoms with E-state index in [2.05, 4.69) is 15.5 Å². The number of aliphatic carboxylic acids is 1. The van der Waals surface area contributed by atoms with Crippen molar-refractivity contribution in [2.45, 2.75) is 19.3 Å². The van der Waals surface area contributed by atoms with Gasteiger partial charge in [-0.2, -0.15) is 5.21 Å². The van der Waals surface area contributed by atoms with Gasteiger partial charge in [-0.15, -0.1) is 0 Å². The van der Waals surface area contributed by atoms with Crippen LogP contribution in [0.1, 0.15) is 24.8 Å². The van der Waals surface area contributed by atoms with Crippen LogP contribution in [-0.2, 0) is 9.59 Å². The van der Waals surface area contributed by atoms with E-state index in [9.17, 15) is 14.7 Å². The molecule has 9 heteroatoms. The van der Waals surface area contributed by atoms with Crippen molar-refractivity contribution in [2.24, 2.45) is 11.7 Å². The quantitative estimate of drug-likeness (QED) is 0.681. The highest BCUT2D eigenvalue weighted by atomic mass is 32.1.